The summed E-state index contributed by atoms with van der Waals surface area (Å²) < 4.78 is 6.05. The molecule has 0 fully saturated rings. The minimum Gasteiger partial charge on any atom is -0.482 e. The summed E-state index contributed by atoms with van der Waals surface area (Å²) in [5, 5.41) is 0.615. The zero-order valence-corrected chi connectivity index (χ0v) is 12.7. The van der Waals surface area contributed by atoms with Crippen LogP contribution in [0.1, 0.15) is 29.2 Å². The first kappa shape index (κ1) is 14.4. The fourth-order valence-corrected chi connectivity index (χ4v) is 3.02. The molecule has 0 saturated heterocycles. The second-order valence-corrected chi connectivity index (χ2v) is 6.22. The molecule has 2 nitrogen and oxygen atoms in total. The molecule has 2 atom stereocenters. The van der Waals surface area contributed by atoms with Gasteiger partial charge in [-0.25, -0.2) is 0 Å². The van der Waals surface area contributed by atoms with E-state index in [0.29, 0.717) is 10.8 Å². The van der Waals surface area contributed by atoms with E-state index in [1.54, 1.807) is 11.3 Å². The molecular formula is C15H18ClNOS. The van der Waals surface area contributed by atoms with E-state index in [2.05, 4.69) is 26.0 Å². The van der Waals surface area contributed by atoms with E-state index in [4.69, 9.17) is 22.1 Å². The number of para-hydroxylation sites is 1. The average molecular weight is 296 g/mol. The molecule has 2 aromatic rings. The molecule has 1 heterocycles. The van der Waals surface area contributed by atoms with Gasteiger partial charge in [0.25, 0.3) is 0 Å². The van der Waals surface area contributed by atoms with Crippen LogP contribution in [0, 0.1) is 6.92 Å². The van der Waals surface area contributed by atoms with Crippen LogP contribution in [0.2, 0.25) is 5.02 Å². The normalized spacial score (nSPS) is 14.1. The van der Waals surface area contributed by atoms with Gasteiger partial charge in [0.2, 0.25) is 0 Å². The molecule has 0 saturated carbocycles. The third-order valence-corrected chi connectivity index (χ3v) is 4.37. The molecule has 2 N–H and O–H groups in total. The van der Waals surface area contributed by atoms with Gasteiger partial charge in [-0.15, -0.1) is 11.3 Å². The number of aryl methyl sites for hydroxylation is 1. The molecule has 0 aliphatic carbocycles. The van der Waals surface area contributed by atoms with Gasteiger partial charge in [-0.1, -0.05) is 30.7 Å². The van der Waals surface area contributed by atoms with E-state index < -0.39 is 0 Å². The number of halogens is 1. The number of thiophene rings is 1. The molecule has 0 bridgehead atoms. The lowest BCUT2D eigenvalue weighted by Gasteiger charge is -2.23. The van der Waals surface area contributed by atoms with E-state index >= 15 is 0 Å². The van der Waals surface area contributed by atoms with Crippen LogP contribution in [0.25, 0.3) is 0 Å². The van der Waals surface area contributed by atoms with Gasteiger partial charge >= 0.3 is 0 Å². The highest BCUT2D eigenvalue weighted by Crippen LogP contribution is 2.33. The summed E-state index contributed by atoms with van der Waals surface area (Å²) in [6.07, 6.45) is 0.704. The predicted octanol–water partition coefficient (Wildman–Crippen LogP) is 4.57. The van der Waals surface area contributed by atoms with Gasteiger partial charge in [0.15, 0.2) is 0 Å². The zero-order chi connectivity index (χ0) is 13.8. The van der Waals surface area contributed by atoms with Gasteiger partial charge in [0.05, 0.1) is 5.02 Å². The van der Waals surface area contributed by atoms with E-state index in [1.807, 2.05) is 24.3 Å². The molecule has 0 amide bonds. The first-order valence-electron chi connectivity index (χ1n) is 6.35. The first-order valence-corrected chi connectivity index (χ1v) is 7.54. The van der Waals surface area contributed by atoms with Crippen LogP contribution in [0.5, 0.6) is 5.75 Å². The lowest BCUT2D eigenvalue weighted by Crippen LogP contribution is -2.30. The Morgan fingerprint density at radius 3 is 2.58 bits per heavy atom. The molecule has 0 radical (unpaired) electrons. The van der Waals surface area contributed by atoms with Crippen molar-refractivity contribution >= 4 is 22.9 Å². The smallest absolute Gasteiger partial charge is 0.148 e. The van der Waals surface area contributed by atoms with E-state index in [9.17, 15) is 0 Å². The summed E-state index contributed by atoms with van der Waals surface area (Å²) in [5.74, 6) is 0.684. The van der Waals surface area contributed by atoms with Gasteiger partial charge in [-0.3, -0.25) is 0 Å². The van der Waals surface area contributed by atoms with Gasteiger partial charge in [0.1, 0.15) is 11.9 Å². The molecule has 0 aliphatic rings. The maximum atomic E-state index is 6.19. The molecule has 19 heavy (non-hydrogen) atoms. The highest BCUT2D eigenvalue weighted by atomic mass is 35.5. The van der Waals surface area contributed by atoms with Gasteiger partial charge < -0.3 is 10.5 Å². The Balaban J connectivity index is 2.27. The molecule has 2 rings (SSSR count). The van der Waals surface area contributed by atoms with E-state index in [-0.39, 0.29) is 12.1 Å². The Bertz CT molecular complexity index is 540. The molecular weight excluding hydrogens is 278 g/mol. The van der Waals surface area contributed by atoms with E-state index in [1.165, 1.54) is 4.88 Å². The molecule has 0 aliphatic heterocycles. The second-order valence-electron chi connectivity index (χ2n) is 4.49. The molecule has 1 aromatic carbocycles. The number of hydrogen-bond acceptors (Lipinski definition) is 3. The fourth-order valence-electron chi connectivity index (χ4n) is 1.85. The van der Waals surface area contributed by atoms with E-state index in [0.717, 1.165) is 11.3 Å². The number of hydrogen-bond donors (Lipinski definition) is 1. The Morgan fingerprint density at radius 1 is 1.26 bits per heavy atom. The summed E-state index contributed by atoms with van der Waals surface area (Å²) in [4.78, 5) is 2.40. The number of benzene rings is 1. The third kappa shape index (κ3) is 3.50. The first-order chi connectivity index (χ1) is 9.11. The minimum absolute atomic E-state index is 0.0469. The average Bonchev–Trinajstić information content (AvgIpc) is 2.83. The van der Waals surface area contributed by atoms with Crippen LogP contribution in [0.3, 0.4) is 0 Å². The summed E-state index contributed by atoms with van der Waals surface area (Å²) in [6, 6.07) is 11.6. The summed E-state index contributed by atoms with van der Waals surface area (Å²) in [5.41, 5.74) is 6.19. The van der Waals surface area contributed by atoms with Crippen LogP contribution >= 0.6 is 22.9 Å². The maximum Gasteiger partial charge on any atom is 0.148 e. The number of ether oxygens (including phenoxy) is 1. The van der Waals surface area contributed by atoms with Crippen molar-refractivity contribution in [3.05, 3.63) is 51.2 Å². The van der Waals surface area contributed by atoms with Gasteiger partial charge in [-0.2, -0.15) is 0 Å². The lowest BCUT2D eigenvalue weighted by molar-refractivity contribution is 0.175. The predicted molar refractivity (Wildman–Crippen MR) is 82.1 cm³/mol. The topological polar surface area (TPSA) is 35.2 Å². The fraction of sp³-hybridized carbons (Fsp3) is 0.333. The van der Waals surface area contributed by atoms with Crippen LogP contribution in [-0.2, 0) is 0 Å². The lowest BCUT2D eigenvalue weighted by atomic mass is 10.1. The van der Waals surface area contributed by atoms with Gasteiger partial charge in [-0.05, 0) is 37.6 Å². The SMILES string of the molecule is CCC(N)C(Oc1ccccc1Cl)c1ccc(C)s1. The Morgan fingerprint density at radius 2 is 2.00 bits per heavy atom. The Kier molecular flexibility index (Phi) is 4.86. The maximum absolute atomic E-state index is 6.19. The largest absolute Gasteiger partial charge is 0.482 e. The van der Waals surface area contributed by atoms with Crippen LogP contribution < -0.4 is 10.5 Å². The molecule has 0 spiro atoms. The van der Waals surface area contributed by atoms with Crippen LogP contribution in [0.15, 0.2) is 36.4 Å². The third-order valence-electron chi connectivity index (χ3n) is 2.99. The monoisotopic (exact) mass is 295 g/mol. The number of nitrogens with two attached hydrogens (primary N) is 1. The van der Waals surface area contributed by atoms with Crippen molar-refractivity contribution in [2.24, 2.45) is 5.73 Å². The van der Waals surface area contributed by atoms with Crippen molar-refractivity contribution < 1.29 is 4.74 Å². The standard InChI is InChI=1S/C15H18ClNOS/c1-3-12(17)15(14-9-8-10(2)19-14)18-13-7-5-4-6-11(13)16/h4-9,12,15H,3,17H2,1-2H3. The van der Waals surface area contributed by atoms with Crippen molar-refractivity contribution in [1.29, 1.82) is 0 Å². The molecule has 102 valence electrons. The summed E-state index contributed by atoms with van der Waals surface area (Å²) in [6.45, 7) is 4.15. The minimum atomic E-state index is -0.149. The van der Waals surface area contributed by atoms with Crippen molar-refractivity contribution in [2.75, 3.05) is 0 Å². The zero-order valence-electron chi connectivity index (χ0n) is 11.1. The highest BCUT2D eigenvalue weighted by molar-refractivity contribution is 7.12. The van der Waals surface area contributed by atoms with Gasteiger partial charge in [0, 0.05) is 15.8 Å². The summed E-state index contributed by atoms with van der Waals surface area (Å²) in [7, 11) is 0. The molecule has 4 heteroatoms. The quantitative estimate of drug-likeness (QED) is 0.877. The molecule has 1 aromatic heterocycles. The number of rotatable bonds is 5. The second kappa shape index (κ2) is 6.42. The van der Waals surface area contributed by atoms with Crippen molar-refractivity contribution in [3.63, 3.8) is 0 Å². The highest BCUT2D eigenvalue weighted by Gasteiger charge is 2.22. The summed E-state index contributed by atoms with van der Waals surface area (Å²) >= 11 is 7.86. The van der Waals surface area contributed by atoms with Crippen molar-refractivity contribution in [1.82, 2.24) is 0 Å². The van der Waals surface area contributed by atoms with Crippen molar-refractivity contribution in [2.45, 2.75) is 32.4 Å². The van der Waals surface area contributed by atoms with Crippen molar-refractivity contribution in [3.8, 4) is 5.75 Å². The Hall–Kier alpha value is -1.03. The molecule has 2 unspecified atom stereocenters. The Labute approximate surface area is 123 Å². The van der Waals surface area contributed by atoms with Crippen LogP contribution in [-0.4, -0.2) is 6.04 Å². The van der Waals surface area contributed by atoms with Crippen LogP contribution in [0.4, 0.5) is 0 Å².